The Morgan fingerprint density at radius 1 is 1.38 bits per heavy atom. The van der Waals surface area contributed by atoms with E-state index in [0.717, 1.165) is 19.3 Å². The molecule has 0 heterocycles. The van der Waals surface area contributed by atoms with E-state index in [1.807, 2.05) is 13.1 Å². The second-order valence-corrected chi connectivity index (χ2v) is 6.30. The Hall–Kier alpha value is -1.62. The minimum Gasteiger partial charge on any atom is -0.483 e. The van der Waals surface area contributed by atoms with E-state index in [1.54, 1.807) is 19.1 Å². The number of benzene rings is 1. The molecule has 0 amide bonds. The van der Waals surface area contributed by atoms with E-state index in [2.05, 4.69) is 5.32 Å². The summed E-state index contributed by atoms with van der Waals surface area (Å²) in [5.74, 6) is 0.422. The second kappa shape index (κ2) is 5.30. The first-order valence-electron chi connectivity index (χ1n) is 7.66. The van der Waals surface area contributed by atoms with E-state index in [0.29, 0.717) is 17.4 Å². The molecule has 1 N–H and O–H groups in total. The van der Waals surface area contributed by atoms with Gasteiger partial charge in [-0.15, -0.1) is 0 Å². The Morgan fingerprint density at radius 3 is 2.71 bits per heavy atom. The van der Waals surface area contributed by atoms with Crippen molar-refractivity contribution in [1.82, 2.24) is 5.32 Å². The highest BCUT2D eigenvalue weighted by atomic mass is 16.6. The number of ether oxygens (including phenoxy) is 1. The second-order valence-electron chi connectivity index (χ2n) is 6.30. The van der Waals surface area contributed by atoms with Crippen molar-refractivity contribution in [2.24, 2.45) is 5.41 Å². The topological polar surface area (TPSA) is 64.4 Å². The van der Waals surface area contributed by atoms with Crippen molar-refractivity contribution in [3.05, 3.63) is 33.9 Å². The van der Waals surface area contributed by atoms with Gasteiger partial charge in [-0.1, -0.05) is 25.0 Å². The van der Waals surface area contributed by atoms with Crippen LogP contribution < -0.4 is 10.1 Å². The molecule has 1 aromatic carbocycles. The Bertz CT molecular complexity index is 552. The van der Waals surface area contributed by atoms with Gasteiger partial charge in [0.05, 0.1) is 4.92 Å². The molecule has 2 aliphatic rings. The van der Waals surface area contributed by atoms with Gasteiger partial charge in [-0.2, -0.15) is 0 Å². The van der Waals surface area contributed by atoms with Crippen LogP contribution in [0, 0.1) is 22.5 Å². The third-order valence-corrected chi connectivity index (χ3v) is 5.32. The summed E-state index contributed by atoms with van der Waals surface area (Å²) < 4.78 is 6.11. The summed E-state index contributed by atoms with van der Waals surface area (Å²) in [7, 11) is 2.00. The number of hydrogen-bond acceptors (Lipinski definition) is 4. The van der Waals surface area contributed by atoms with E-state index < -0.39 is 0 Å². The van der Waals surface area contributed by atoms with Gasteiger partial charge >= 0.3 is 5.69 Å². The van der Waals surface area contributed by atoms with Crippen LogP contribution in [0.2, 0.25) is 0 Å². The van der Waals surface area contributed by atoms with Gasteiger partial charge in [0.25, 0.3) is 0 Å². The highest BCUT2D eigenvalue weighted by Crippen LogP contribution is 2.55. The molecule has 114 valence electrons. The zero-order chi connectivity index (χ0) is 15.0. The minimum absolute atomic E-state index is 0.0953. The Morgan fingerprint density at radius 2 is 2.10 bits per heavy atom. The normalized spacial score (nSPS) is 26.6. The van der Waals surface area contributed by atoms with E-state index in [4.69, 9.17) is 4.74 Å². The molecule has 2 fully saturated rings. The van der Waals surface area contributed by atoms with Crippen LogP contribution in [-0.4, -0.2) is 24.1 Å². The average molecular weight is 290 g/mol. The van der Waals surface area contributed by atoms with E-state index in [-0.39, 0.29) is 22.1 Å². The third-order valence-electron chi connectivity index (χ3n) is 5.32. The highest BCUT2D eigenvalue weighted by molar-refractivity contribution is 5.52. The quantitative estimate of drug-likeness (QED) is 0.683. The fourth-order valence-electron chi connectivity index (χ4n) is 4.14. The maximum atomic E-state index is 11.3. The lowest BCUT2D eigenvalue weighted by molar-refractivity contribution is -0.386. The maximum Gasteiger partial charge on any atom is 0.313 e. The predicted molar refractivity (Wildman–Crippen MR) is 80.6 cm³/mol. The maximum absolute atomic E-state index is 11.3. The first-order chi connectivity index (χ1) is 10.1. The highest BCUT2D eigenvalue weighted by Gasteiger charge is 2.57. The number of nitrogens with one attached hydrogen (secondary N) is 1. The molecule has 0 radical (unpaired) electrons. The van der Waals surface area contributed by atoms with Crippen LogP contribution in [-0.2, 0) is 0 Å². The molecule has 1 aromatic rings. The van der Waals surface area contributed by atoms with Crippen LogP contribution in [0.1, 0.15) is 37.7 Å². The van der Waals surface area contributed by atoms with Crippen molar-refractivity contribution in [1.29, 1.82) is 0 Å². The predicted octanol–water partition coefficient (Wildman–Crippen LogP) is 3.20. The number of para-hydroxylation sites is 1. The molecule has 21 heavy (non-hydrogen) atoms. The van der Waals surface area contributed by atoms with Gasteiger partial charge in [-0.05, 0) is 32.9 Å². The summed E-state index contributed by atoms with van der Waals surface area (Å²) in [5.41, 5.74) is 0.938. The molecular weight excluding hydrogens is 268 g/mol. The van der Waals surface area contributed by atoms with Gasteiger partial charge < -0.3 is 10.1 Å². The smallest absolute Gasteiger partial charge is 0.313 e. The molecule has 2 atom stereocenters. The molecule has 3 rings (SSSR count). The van der Waals surface area contributed by atoms with Gasteiger partial charge in [0, 0.05) is 23.4 Å². The number of hydrogen-bond donors (Lipinski definition) is 1. The number of rotatable bonds is 4. The van der Waals surface area contributed by atoms with Crippen molar-refractivity contribution in [3.8, 4) is 5.75 Å². The van der Waals surface area contributed by atoms with Gasteiger partial charge in [-0.25, -0.2) is 0 Å². The van der Waals surface area contributed by atoms with Crippen LogP contribution in [0.5, 0.6) is 5.75 Å². The van der Waals surface area contributed by atoms with Crippen LogP contribution in [0.4, 0.5) is 5.69 Å². The van der Waals surface area contributed by atoms with Crippen LogP contribution in [0.25, 0.3) is 0 Å². The van der Waals surface area contributed by atoms with Gasteiger partial charge in [0.1, 0.15) is 6.10 Å². The summed E-state index contributed by atoms with van der Waals surface area (Å²) in [6.45, 7) is 1.76. The first kappa shape index (κ1) is 14.3. The van der Waals surface area contributed by atoms with Gasteiger partial charge in [0.2, 0.25) is 0 Å². The summed E-state index contributed by atoms with van der Waals surface area (Å²) in [5, 5.41) is 14.7. The first-order valence-corrected chi connectivity index (χ1v) is 7.66. The van der Waals surface area contributed by atoms with Crippen LogP contribution in [0.3, 0.4) is 0 Å². The SMILES string of the molecule is CNC1CC(Oc2cccc(C)c2[N+](=O)[O-])C12CCCC2. The van der Waals surface area contributed by atoms with Crippen molar-refractivity contribution in [2.45, 2.75) is 51.2 Å². The van der Waals surface area contributed by atoms with E-state index in [1.165, 1.54) is 12.8 Å². The lowest BCUT2D eigenvalue weighted by Crippen LogP contribution is -2.63. The zero-order valence-corrected chi connectivity index (χ0v) is 12.6. The molecule has 5 nitrogen and oxygen atoms in total. The molecular formula is C16H22N2O3. The van der Waals surface area contributed by atoms with E-state index in [9.17, 15) is 10.1 Å². The molecule has 2 unspecified atom stereocenters. The largest absolute Gasteiger partial charge is 0.483 e. The Kier molecular flexibility index (Phi) is 3.61. The lowest BCUT2D eigenvalue weighted by atomic mass is 9.60. The van der Waals surface area contributed by atoms with Crippen molar-refractivity contribution >= 4 is 5.69 Å². The minimum atomic E-state index is -0.333. The Balaban J connectivity index is 1.85. The molecule has 0 aliphatic heterocycles. The molecule has 0 aromatic heterocycles. The average Bonchev–Trinajstić information content (AvgIpc) is 2.95. The summed E-state index contributed by atoms with van der Waals surface area (Å²) in [4.78, 5) is 10.9. The van der Waals surface area contributed by atoms with Gasteiger partial charge in [-0.3, -0.25) is 10.1 Å². The number of aryl methyl sites for hydroxylation is 1. The molecule has 0 saturated heterocycles. The Labute approximate surface area is 124 Å². The van der Waals surface area contributed by atoms with Crippen LogP contribution >= 0.6 is 0 Å². The molecule has 0 bridgehead atoms. The molecule has 1 spiro atoms. The number of nitrogens with zero attached hydrogens (tertiary/aromatic N) is 1. The van der Waals surface area contributed by atoms with Crippen molar-refractivity contribution in [3.63, 3.8) is 0 Å². The van der Waals surface area contributed by atoms with E-state index >= 15 is 0 Å². The fourth-order valence-corrected chi connectivity index (χ4v) is 4.14. The van der Waals surface area contributed by atoms with Crippen molar-refractivity contribution in [2.75, 3.05) is 7.05 Å². The number of nitro benzene ring substituents is 1. The molecule has 5 heteroatoms. The fraction of sp³-hybridized carbons (Fsp3) is 0.625. The molecule has 2 saturated carbocycles. The monoisotopic (exact) mass is 290 g/mol. The summed E-state index contributed by atoms with van der Waals surface area (Å²) in [6.07, 6.45) is 5.80. The van der Waals surface area contributed by atoms with Crippen molar-refractivity contribution < 1.29 is 9.66 Å². The lowest BCUT2D eigenvalue weighted by Gasteiger charge is -2.53. The zero-order valence-electron chi connectivity index (χ0n) is 12.6. The van der Waals surface area contributed by atoms with Gasteiger partial charge in [0.15, 0.2) is 5.75 Å². The molecule has 2 aliphatic carbocycles. The number of nitro groups is 1. The third kappa shape index (κ3) is 2.20. The summed E-state index contributed by atoms with van der Waals surface area (Å²) in [6, 6.07) is 5.79. The summed E-state index contributed by atoms with van der Waals surface area (Å²) >= 11 is 0. The van der Waals surface area contributed by atoms with Crippen LogP contribution in [0.15, 0.2) is 18.2 Å². The standard InChI is InChI=1S/C16H22N2O3/c1-11-6-5-7-12(15(11)18(19)20)21-14-10-13(17-2)16(14)8-3-4-9-16/h5-7,13-14,17H,3-4,8-10H2,1-2H3.